The number of rotatable bonds is 7. The van der Waals surface area contributed by atoms with Crippen LogP contribution in [0.15, 0.2) is 59.6 Å². The van der Waals surface area contributed by atoms with Gasteiger partial charge in [-0.25, -0.2) is 0 Å². The molecule has 27 heavy (non-hydrogen) atoms. The minimum Gasteiger partial charge on any atom is -0.494 e. The first kappa shape index (κ1) is 21.3. The molecule has 0 saturated carbocycles. The third-order valence-corrected chi connectivity index (χ3v) is 4.86. The smallest absolute Gasteiger partial charge is 0.119 e. The van der Waals surface area contributed by atoms with Gasteiger partial charge in [0, 0.05) is 19.0 Å². The maximum absolute atomic E-state index is 5.88. The summed E-state index contributed by atoms with van der Waals surface area (Å²) < 4.78 is 5.88. The standard InChI is InChI=1S/C23H30N2O.ClH/c1-19(25-23-12-6-3-7-17-24-23)21-13-15-22(16-14-21)26-18-8-11-20-9-4-2-5-10-20;/h2,4-5,9-10,13-16,19H,3,6-8,11-12,17-18H2,1H3,(H,24,25);1H. The molecule has 0 amide bonds. The maximum Gasteiger partial charge on any atom is 0.119 e. The van der Waals surface area contributed by atoms with Gasteiger partial charge in [0.25, 0.3) is 0 Å². The molecule has 0 aliphatic carbocycles. The fourth-order valence-corrected chi connectivity index (χ4v) is 3.29. The van der Waals surface area contributed by atoms with E-state index in [1.54, 1.807) is 0 Å². The molecule has 0 radical (unpaired) electrons. The van der Waals surface area contributed by atoms with Crippen LogP contribution in [0, 0.1) is 0 Å². The molecule has 0 bridgehead atoms. The second-order valence-electron chi connectivity index (χ2n) is 7.01. The first-order chi connectivity index (χ1) is 12.8. The van der Waals surface area contributed by atoms with E-state index in [0.29, 0.717) is 0 Å². The van der Waals surface area contributed by atoms with Crippen LogP contribution in [0.25, 0.3) is 0 Å². The minimum absolute atomic E-state index is 0. The molecule has 3 rings (SSSR count). The molecule has 1 N–H and O–H groups in total. The van der Waals surface area contributed by atoms with Crippen LogP contribution in [0.4, 0.5) is 0 Å². The largest absolute Gasteiger partial charge is 0.494 e. The van der Waals surface area contributed by atoms with Crippen LogP contribution in [-0.4, -0.2) is 19.0 Å². The Labute approximate surface area is 169 Å². The third-order valence-electron chi connectivity index (χ3n) is 4.86. The molecule has 1 unspecified atom stereocenters. The Kier molecular flexibility index (Phi) is 9.20. The SMILES string of the molecule is CC(NC1=NCCCCC1)c1ccc(OCCCc2ccccc2)cc1.Cl. The molecule has 1 atom stereocenters. The average molecular weight is 387 g/mol. The number of aliphatic imine (C=N–C) groups is 1. The average Bonchev–Trinajstić information content (AvgIpc) is 2.95. The number of aryl methyl sites for hydroxylation is 1. The third kappa shape index (κ3) is 7.26. The minimum atomic E-state index is 0. The van der Waals surface area contributed by atoms with Crippen molar-refractivity contribution in [2.75, 3.05) is 13.2 Å². The van der Waals surface area contributed by atoms with Crippen LogP contribution in [0.5, 0.6) is 5.75 Å². The van der Waals surface area contributed by atoms with Gasteiger partial charge >= 0.3 is 0 Å². The van der Waals surface area contributed by atoms with Crippen molar-refractivity contribution in [1.82, 2.24) is 5.32 Å². The van der Waals surface area contributed by atoms with Crippen LogP contribution in [0.3, 0.4) is 0 Å². The topological polar surface area (TPSA) is 33.6 Å². The molecule has 4 heteroatoms. The molecule has 0 aromatic heterocycles. The van der Waals surface area contributed by atoms with Crippen LogP contribution < -0.4 is 10.1 Å². The first-order valence-electron chi connectivity index (χ1n) is 9.88. The highest BCUT2D eigenvalue weighted by Crippen LogP contribution is 2.19. The van der Waals surface area contributed by atoms with Crippen molar-refractivity contribution >= 4 is 18.2 Å². The fourth-order valence-electron chi connectivity index (χ4n) is 3.29. The van der Waals surface area contributed by atoms with Crippen molar-refractivity contribution in [3.63, 3.8) is 0 Å². The maximum atomic E-state index is 5.88. The number of ether oxygens (including phenoxy) is 1. The Hall–Kier alpha value is -2.00. The second-order valence-corrected chi connectivity index (χ2v) is 7.01. The van der Waals surface area contributed by atoms with Crippen molar-refractivity contribution in [3.05, 3.63) is 65.7 Å². The molecule has 2 aromatic carbocycles. The lowest BCUT2D eigenvalue weighted by molar-refractivity contribution is 0.311. The van der Waals surface area contributed by atoms with Gasteiger partial charge in [-0.3, -0.25) is 4.99 Å². The van der Waals surface area contributed by atoms with Gasteiger partial charge in [-0.15, -0.1) is 12.4 Å². The highest BCUT2D eigenvalue weighted by molar-refractivity contribution is 5.85. The van der Waals surface area contributed by atoms with Gasteiger partial charge in [-0.05, 0) is 55.9 Å². The Morgan fingerprint density at radius 1 is 1.00 bits per heavy atom. The molecular formula is C23H31ClN2O. The zero-order chi connectivity index (χ0) is 18.0. The van der Waals surface area contributed by atoms with Crippen molar-refractivity contribution in [2.45, 2.75) is 51.5 Å². The Morgan fingerprint density at radius 3 is 2.56 bits per heavy atom. The van der Waals surface area contributed by atoms with E-state index >= 15 is 0 Å². The number of hydrogen-bond acceptors (Lipinski definition) is 3. The van der Waals surface area contributed by atoms with Gasteiger partial charge < -0.3 is 10.1 Å². The van der Waals surface area contributed by atoms with Crippen LogP contribution in [-0.2, 0) is 6.42 Å². The van der Waals surface area contributed by atoms with E-state index in [1.165, 1.54) is 30.4 Å². The van der Waals surface area contributed by atoms with E-state index in [1.807, 2.05) is 0 Å². The molecule has 0 spiro atoms. The van der Waals surface area contributed by atoms with Gasteiger partial charge in [0.05, 0.1) is 12.4 Å². The summed E-state index contributed by atoms with van der Waals surface area (Å²) in [5.41, 5.74) is 2.64. The van der Waals surface area contributed by atoms with E-state index < -0.39 is 0 Å². The van der Waals surface area contributed by atoms with Crippen molar-refractivity contribution in [2.24, 2.45) is 4.99 Å². The highest BCUT2D eigenvalue weighted by atomic mass is 35.5. The highest BCUT2D eigenvalue weighted by Gasteiger charge is 2.10. The molecule has 1 heterocycles. The number of nitrogens with one attached hydrogen (secondary N) is 1. The molecule has 0 saturated heterocycles. The second kappa shape index (κ2) is 11.7. The quantitative estimate of drug-likeness (QED) is 0.615. The molecule has 0 fully saturated rings. The van der Waals surface area contributed by atoms with E-state index in [2.05, 4.69) is 71.8 Å². The zero-order valence-electron chi connectivity index (χ0n) is 16.2. The van der Waals surface area contributed by atoms with E-state index in [0.717, 1.165) is 44.0 Å². The predicted octanol–water partition coefficient (Wildman–Crippen LogP) is 5.74. The monoisotopic (exact) mass is 386 g/mol. The normalized spacial score (nSPS) is 15.1. The molecule has 1 aliphatic rings. The van der Waals surface area contributed by atoms with Gasteiger partial charge in [-0.1, -0.05) is 48.9 Å². The summed E-state index contributed by atoms with van der Waals surface area (Å²) in [5.74, 6) is 2.11. The summed E-state index contributed by atoms with van der Waals surface area (Å²) in [7, 11) is 0. The van der Waals surface area contributed by atoms with Gasteiger partial charge in [0.1, 0.15) is 5.75 Å². The summed E-state index contributed by atoms with van der Waals surface area (Å²) in [6, 6.07) is 19.3. The summed E-state index contributed by atoms with van der Waals surface area (Å²) in [6.45, 7) is 3.91. The van der Waals surface area contributed by atoms with Gasteiger partial charge in [0.15, 0.2) is 0 Å². The van der Waals surface area contributed by atoms with Crippen LogP contribution in [0.2, 0.25) is 0 Å². The predicted molar refractivity (Wildman–Crippen MR) is 116 cm³/mol. The van der Waals surface area contributed by atoms with E-state index in [-0.39, 0.29) is 18.4 Å². The molecule has 2 aromatic rings. The summed E-state index contributed by atoms with van der Waals surface area (Å²) in [4.78, 5) is 4.66. The van der Waals surface area contributed by atoms with Gasteiger partial charge in [-0.2, -0.15) is 0 Å². The van der Waals surface area contributed by atoms with E-state index in [4.69, 9.17) is 4.74 Å². The molecule has 1 aliphatic heterocycles. The molecule has 3 nitrogen and oxygen atoms in total. The van der Waals surface area contributed by atoms with Crippen molar-refractivity contribution in [1.29, 1.82) is 0 Å². The summed E-state index contributed by atoms with van der Waals surface area (Å²) in [6.07, 6.45) is 6.92. The summed E-state index contributed by atoms with van der Waals surface area (Å²) >= 11 is 0. The summed E-state index contributed by atoms with van der Waals surface area (Å²) in [5, 5.41) is 3.57. The van der Waals surface area contributed by atoms with Crippen LogP contribution >= 0.6 is 12.4 Å². The molecular weight excluding hydrogens is 356 g/mol. The van der Waals surface area contributed by atoms with E-state index in [9.17, 15) is 0 Å². The number of benzene rings is 2. The Morgan fingerprint density at radius 2 is 1.78 bits per heavy atom. The lowest BCUT2D eigenvalue weighted by Gasteiger charge is -2.17. The first-order valence-corrected chi connectivity index (χ1v) is 9.88. The number of nitrogens with zero attached hydrogens (tertiary/aromatic N) is 1. The van der Waals surface area contributed by atoms with Gasteiger partial charge in [0.2, 0.25) is 0 Å². The number of halogens is 1. The Bertz CT molecular complexity index is 685. The Balaban J connectivity index is 0.00000261. The van der Waals surface area contributed by atoms with Crippen molar-refractivity contribution in [3.8, 4) is 5.75 Å². The van der Waals surface area contributed by atoms with Crippen LogP contribution in [0.1, 0.15) is 56.2 Å². The lowest BCUT2D eigenvalue weighted by atomic mass is 10.1. The van der Waals surface area contributed by atoms with Crippen molar-refractivity contribution < 1.29 is 4.74 Å². The lowest BCUT2D eigenvalue weighted by Crippen LogP contribution is -2.26. The number of hydrogen-bond donors (Lipinski definition) is 1. The zero-order valence-corrected chi connectivity index (χ0v) is 17.0. The fraction of sp³-hybridized carbons (Fsp3) is 0.435. The number of amidine groups is 1. The molecule has 146 valence electrons.